The Balaban J connectivity index is 1.57. The van der Waals surface area contributed by atoms with Crippen LogP contribution in [0.25, 0.3) is 11.5 Å². The average Bonchev–Trinajstić information content (AvgIpc) is 3.14. The second-order valence-electron chi connectivity index (χ2n) is 5.54. The lowest BCUT2D eigenvalue weighted by Crippen LogP contribution is -2.23. The lowest BCUT2D eigenvalue weighted by atomic mass is 10.2. The van der Waals surface area contributed by atoms with Crippen molar-refractivity contribution < 1.29 is 9.21 Å². The van der Waals surface area contributed by atoms with E-state index in [1.54, 1.807) is 42.7 Å². The van der Waals surface area contributed by atoms with Crippen LogP contribution in [0, 0.1) is 0 Å². The maximum absolute atomic E-state index is 12.0. The molecule has 134 valence electrons. The molecule has 2 heterocycles. The van der Waals surface area contributed by atoms with Gasteiger partial charge in [0.05, 0.1) is 16.3 Å². The number of anilines is 1. The summed E-state index contributed by atoms with van der Waals surface area (Å²) in [5, 5.41) is 7.80. The summed E-state index contributed by atoms with van der Waals surface area (Å²) in [5.41, 5.74) is 0.902. The van der Waals surface area contributed by atoms with E-state index in [0.29, 0.717) is 40.2 Å². The summed E-state index contributed by atoms with van der Waals surface area (Å²) in [5.74, 6) is 0.398. The number of carbonyl (C=O) groups excluding carboxylic acids is 1. The highest BCUT2D eigenvalue weighted by atomic mass is 35.5. The number of halogens is 2. The Morgan fingerprint density at radius 2 is 2.00 bits per heavy atom. The van der Waals surface area contributed by atoms with Crippen molar-refractivity contribution in [1.29, 1.82) is 0 Å². The van der Waals surface area contributed by atoms with E-state index in [1.807, 2.05) is 0 Å². The molecule has 26 heavy (non-hydrogen) atoms. The molecule has 0 fully saturated rings. The molecule has 1 aromatic carbocycles. The van der Waals surface area contributed by atoms with Crippen molar-refractivity contribution >= 4 is 34.8 Å². The van der Waals surface area contributed by atoms with Crippen LogP contribution in [0.3, 0.4) is 0 Å². The van der Waals surface area contributed by atoms with E-state index in [2.05, 4.69) is 10.4 Å². The van der Waals surface area contributed by atoms with E-state index in [4.69, 9.17) is 27.6 Å². The quantitative estimate of drug-likeness (QED) is 0.681. The number of rotatable bonds is 6. The summed E-state index contributed by atoms with van der Waals surface area (Å²) in [4.78, 5) is 23.9. The molecule has 0 unspecified atom stereocenters. The molecule has 8 heteroatoms. The number of nitrogens with one attached hydrogen (secondary N) is 1. The van der Waals surface area contributed by atoms with Crippen LogP contribution in [0.1, 0.15) is 12.8 Å². The Labute approximate surface area is 159 Å². The van der Waals surface area contributed by atoms with Crippen molar-refractivity contribution in [3.63, 3.8) is 0 Å². The van der Waals surface area contributed by atoms with Gasteiger partial charge in [-0.3, -0.25) is 9.59 Å². The first-order valence-electron chi connectivity index (χ1n) is 7.90. The topological polar surface area (TPSA) is 77.1 Å². The Hall–Kier alpha value is -2.57. The van der Waals surface area contributed by atoms with Gasteiger partial charge in [0.2, 0.25) is 5.91 Å². The zero-order valence-corrected chi connectivity index (χ0v) is 15.1. The van der Waals surface area contributed by atoms with Gasteiger partial charge in [-0.15, -0.1) is 0 Å². The number of carbonyl (C=O) groups is 1. The number of furan rings is 1. The molecule has 0 saturated heterocycles. The molecule has 0 aliphatic carbocycles. The smallest absolute Gasteiger partial charge is 0.266 e. The SMILES string of the molecule is O=C(CCCn1nc(-c2ccco2)ccc1=O)Nc1ccc(Cl)c(Cl)c1. The minimum atomic E-state index is -0.231. The lowest BCUT2D eigenvalue weighted by molar-refractivity contribution is -0.116. The summed E-state index contributed by atoms with van der Waals surface area (Å²) in [6.07, 6.45) is 2.24. The molecule has 0 bridgehead atoms. The minimum absolute atomic E-state index is 0.182. The third-order valence-corrected chi connectivity index (χ3v) is 4.36. The van der Waals surface area contributed by atoms with Gasteiger partial charge in [-0.1, -0.05) is 23.2 Å². The van der Waals surface area contributed by atoms with E-state index in [-0.39, 0.29) is 17.9 Å². The van der Waals surface area contributed by atoms with Gasteiger partial charge in [0.15, 0.2) is 5.76 Å². The van der Waals surface area contributed by atoms with E-state index in [1.165, 1.54) is 10.7 Å². The molecular formula is C18H15Cl2N3O3. The van der Waals surface area contributed by atoms with Crippen molar-refractivity contribution in [2.75, 3.05) is 5.32 Å². The van der Waals surface area contributed by atoms with Crippen molar-refractivity contribution in [2.24, 2.45) is 0 Å². The Morgan fingerprint density at radius 3 is 2.73 bits per heavy atom. The number of hydrogen-bond donors (Lipinski definition) is 1. The molecule has 2 aromatic heterocycles. The zero-order chi connectivity index (χ0) is 18.5. The first kappa shape index (κ1) is 18.2. The monoisotopic (exact) mass is 391 g/mol. The Bertz CT molecular complexity index is 968. The third-order valence-electron chi connectivity index (χ3n) is 3.62. The van der Waals surface area contributed by atoms with E-state index in [0.717, 1.165) is 0 Å². The fourth-order valence-corrected chi connectivity index (χ4v) is 2.65. The fourth-order valence-electron chi connectivity index (χ4n) is 2.35. The molecule has 3 aromatic rings. The van der Waals surface area contributed by atoms with Crippen LogP contribution in [0.5, 0.6) is 0 Å². The number of aryl methyl sites for hydroxylation is 1. The number of hydrogen-bond acceptors (Lipinski definition) is 4. The largest absolute Gasteiger partial charge is 0.463 e. The summed E-state index contributed by atoms with van der Waals surface area (Å²) >= 11 is 11.8. The van der Waals surface area contributed by atoms with Crippen LogP contribution in [0.2, 0.25) is 10.0 Å². The molecule has 1 N–H and O–H groups in total. The summed E-state index contributed by atoms with van der Waals surface area (Å²) in [6.45, 7) is 0.322. The van der Waals surface area contributed by atoms with Crippen molar-refractivity contribution in [3.05, 3.63) is 69.1 Å². The first-order chi connectivity index (χ1) is 12.5. The second-order valence-corrected chi connectivity index (χ2v) is 6.35. The number of nitrogens with zero attached hydrogens (tertiary/aromatic N) is 2. The van der Waals surface area contributed by atoms with Crippen molar-refractivity contribution in [2.45, 2.75) is 19.4 Å². The van der Waals surface area contributed by atoms with E-state index in [9.17, 15) is 9.59 Å². The molecule has 3 rings (SSSR count). The van der Waals surface area contributed by atoms with Gasteiger partial charge in [-0.2, -0.15) is 5.10 Å². The van der Waals surface area contributed by atoms with Crippen LogP contribution in [0.4, 0.5) is 5.69 Å². The van der Waals surface area contributed by atoms with Gasteiger partial charge in [-0.05, 0) is 42.8 Å². The lowest BCUT2D eigenvalue weighted by Gasteiger charge is -2.08. The number of aromatic nitrogens is 2. The van der Waals surface area contributed by atoms with Crippen LogP contribution in [0.15, 0.2) is 57.9 Å². The van der Waals surface area contributed by atoms with Crippen molar-refractivity contribution in [3.8, 4) is 11.5 Å². The van der Waals surface area contributed by atoms with Crippen LogP contribution >= 0.6 is 23.2 Å². The average molecular weight is 392 g/mol. The first-order valence-corrected chi connectivity index (χ1v) is 8.65. The molecule has 0 atom stereocenters. The van der Waals surface area contributed by atoms with Crippen LogP contribution < -0.4 is 10.9 Å². The molecule has 0 aliphatic heterocycles. The fraction of sp³-hybridized carbons (Fsp3) is 0.167. The predicted molar refractivity (Wildman–Crippen MR) is 101 cm³/mol. The van der Waals surface area contributed by atoms with Gasteiger partial charge >= 0.3 is 0 Å². The van der Waals surface area contributed by atoms with Crippen LogP contribution in [-0.2, 0) is 11.3 Å². The second kappa shape index (κ2) is 8.21. The molecular weight excluding hydrogens is 377 g/mol. The van der Waals surface area contributed by atoms with E-state index < -0.39 is 0 Å². The van der Waals surface area contributed by atoms with Gasteiger partial charge < -0.3 is 9.73 Å². The minimum Gasteiger partial charge on any atom is -0.463 e. The highest BCUT2D eigenvalue weighted by Gasteiger charge is 2.08. The molecule has 0 spiro atoms. The molecule has 1 amide bonds. The zero-order valence-electron chi connectivity index (χ0n) is 13.6. The molecule has 0 aliphatic rings. The number of benzene rings is 1. The normalized spacial score (nSPS) is 10.7. The summed E-state index contributed by atoms with van der Waals surface area (Å²) in [6, 6.07) is 11.4. The third kappa shape index (κ3) is 4.53. The van der Waals surface area contributed by atoms with Gasteiger partial charge in [-0.25, -0.2) is 4.68 Å². The maximum atomic E-state index is 12.0. The summed E-state index contributed by atoms with van der Waals surface area (Å²) < 4.78 is 6.60. The van der Waals surface area contributed by atoms with Gasteiger partial charge in [0, 0.05) is 24.7 Å². The Morgan fingerprint density at radius 1 is 1.15 bits per heavy atom. The van der Waals surface area contributed by atoms with Crippen molar-refractivity contribution in [1.82, 2.24) is 9.78 Å². The number of amides is 1. The predicted octanol–water partition coefficient (Wildman–Crippen LogP) is 4.23. The molecule has 0 saturated carbocycles. The highest BCUT2D eigenvalue weighted by molar-refractivity contribution is 6.42. The van der Waals surface area contributed by atoms with Gasteiger partial charge in [0.1, 0.15) is 5.69 Å². The maximum Gasteiger partial charge on any atom is 0.266 e. The van der Waals surface area contributed by atoms with E-state index >= 15 is 0 Å². The summed E-state index contributed by atoms with van der Waals surface area (Å²) in [7, 11) is 0. The molecule has 6 nitrogen and oxygen atoms in total. The highest BCUT2D eigenvalue weighted by Crippen LogP contribution is 2.25. The van der Waals surface area contributed by atoms with Gasteiger partial charge in [0.25, 0.3) is 5.56 Å². The van der Waals surface area contributed by atoms with Crippen LogP contribution in [-0.4, -0.2) is 15.7 Å². The standard InChI is InChI=1S/C18H15Cl2N3O3/c19-13-6-5-12(11-14(13)20)21-17(24)4-1-9-23-18(25)8-7-15(22-23)16-3-2-10-26-16/h2-3,5-8,10-11H,1,4,9H2,(H,21,24). The Kier molecular flexibility index (Phi) is 5.75. The molecule has 0 radical (unpaired) electrons.